The van der Waals surface area contributed by atoms with Crippen molar-refractivity contribution in [2.24, 2.45) is 17.3 Å². The predicted octanol–water partition coefficient (Wildman–Crippen LogP) is 5.65. The van der Waals surface area contributed by atoms with E-state index in [0.29, 0.717) is 18.5 Å². The van der Waals surface area contributed by atoms with Crippen LogP contribution in [0.1, 0.15) is 72.1 Å². The molecule has 1 unspecified atom stereocenters. The quantitative estimate of drug-likeness (QED) is 0.647. The van der Waals surface area contributed by atoms with E-state index < -0.39 is 12.2 Å². The summed E-state index contributed by atoms with van der Waals surface area (Å²) in [6.07, 6.45) is 4.39. The number of likely N-dealkylation sites (tertiary alicyclic amines) is 1. The number of halogens is 3. The van der Waals surface area contributed by atoms with E-state index >= 15 is 0 Å². The zero-order valence-corrected chi connectivity index (χ0v) is 14.4. The van der Waals surface area contributed by atoms with Crippen LogP contribution >= 0.6 is 0 Å². The number of hydrogen-bond acceptors (Lipinski definition) is 1. The minimum absolute atomic E-state index is 0.174. The number of rotatable bonds is 4. The van der Waals surface area contributed by atoms with Gasteiger partial charge in [0, 0.05) is 0 Å². The fourth-order valence-electron chi connectivity index (χ4n) is 4.70. The first-order valence-electron chi connectivity index (χ1n) is 9.06. The van der Waals surface area contributed by atoms with Gasteiger partial charge in [-0.15, -0.1) is 0 Å². The lowest BCUT2D eigenvalue weighted by Gasteiger charge is -2.48. The predicted molar refractivity (Wildman–Crippen MR) is 84.8 cm³/mol. The highest BCUT2D eigenvalue weighted by Gasteiger charge is 2.46. The molecule has 0 aromatic carbocycles. The Bertz CT molecular complexity index is 333. The molecule has 0 amide bonds. The van der Waals surface area contributed by atoms with Crippen LogP contribution in [0.5, 0.6) is 0 Å². The molecule has 1 saturated carbocycles. The second kappa shape index (κ2) is 7.11. The number of hydrogen-bond donors (Lipinski definition) is 0. The first-order valence-corrected chi connectivity index (χ1v) is 9.06. The number of nitrogens with zero attached hydrogens (tertiary/aromatic N) is 1. The topological polar surface area (TPSA) is 3.24 Å². The maximum absolute atomic E-state index is 13.1. The van der Waals surface area contributed by atoms with Gasteiger partial charge in [0.1, 0.15) is 6.04 Å². The summed E-state index contributed by atoms with van der Waals surface area (Å²) in [4.78, 5) is 1.69. The van der Waals surface area contributed by atoms with E-state index in [-0.39, 0.29) is 6.42 Å². The van der Waals surface area contributed by atoms with E-state index in [0.717, 1.165) is 24.7 Å². The van der Waals surface area contributed by atoms with Gasteiger partial charge in [0.15, 0.2) is 0 Å². The molecule has 0 N–H and O–H groups in total. The van der Waals surface area contributed by atoms with Crippen LogP contribution in [0.2, 0.25) is 0 Å². The molecule has 0 bridgehead atoms. The standard InChI is InChI=1S/C18H32F3N/c1-4-16(18(19,20)21)22-11-9-17(10-12-22)7-5-15(6-8-17)13-14(2)3/h14-16H,4-13H2,1-3H3. The monoisotopic (exact) mass is 319 g/mol. The second-order valence-electron chi connectivity index (χ2n) is 8.07. The molecule has 1 spiro atoms. The number of piperidine rings is 1. The van der Waals surface area contributed by atoms with Crippen LogP contribution in [0.15, 0.2) is 0 Å². The molecule has 1 aliphatic carbocycles. The highest BCUT2D eigenvalue weighted by atomic mass is 19.4. The summed E-state index contributed by atoms with van der Waals surface area (Å²) in [7, 11) is 0. The fraction of sp³-hybridized carbons (Fsp3) is 1.00. The first-order chi connectivity index (χ1) is 10.3. The molecule has 1 heterocycles. The van der Waals surface area contributed by atoms with Crippen LogP contribution in [0.3, 0.4) is 0 Å². The molecule has 0 aromatic rings. The Balaban J connectivity index is 1.85. The van der Waals surface area contributed by atoms with Gasteiger partial charge in [-0.05, 0) is 81.7 Å². The van der Waals surface area contributed by atoms with Crippen molar-refractivity contribution in [1.82, 2.24) is 4.90 Å². The summed E-state index contributed by atoms with van der Waals surface area (Å²) in [5, 5.41) is 0. The third-order valence-electron chi connectivity index (χ3n) is 6.03. The highest BCUT2D eigenvalue weighted by Crippen LogP contribution is 2.48. The third-order valence-corrected chi connectivity index (χ3v) is 6.03. The van der Waals surface area contributed by atoms with Gasteiger partial charge in [0.2, 0.25) is 0 Å². The van der Waals surface area contributed by atoms with E-state index in [4.69, 9.17) is 0 Å². The van der Waals surface area contributed by atoms with Crippen molar-refractivity contribution >= 4 is 0 Å². The van der Waals surface area contributed by atoms with Crippen LogP contribution in [-0.2, 0) is 0 Å². The second-order valence-corrected chi connectivity index (χ2v) is 8.07. The summed E-state index contributed by atoms with van der Waals surface area (Å²) < 4.78 is 39.2. The van der Waals surface area contributed by atoms with Crippen molar-refractivity contribution in [3.8, 4) is 0 Å². The van der Waals surface area contributed by atoms with Crippen LogP contribution in [-0.4, -0.2) is 30.2 Å². The molecule has 130 valence electrons. The maximum Gasteiger partial charge on any atom is 0.404 e. The van der Waals surface area contributed by atoms with E-state index in [2.05, 4.69) is 13.8 Å². The lowest BCUT2D eigenvalue weighted by Crippen LogP contribution is -2.51. The normalized spacial score (nSPS) is 25.8. The highest BCUT2D eigenvalue weighted by molar-refractivity contribution is 4.92. The molecular weight excluding hydrogens is 287 g/mol. The average Bonchev–Trinajstić information content (AvgIpc) is 2.43. The Morgan fingerprint density at radius 3 is 2.00 bits per heavy atom. The maximum atomic E-state index is 13.1. The van der Waals surface area contributed by atoms with Gasteiger partial charge in [-0.1, -0.05) is 20.8 Å². The molecule has 4 heteroatoms. The van der Waals surface area contributed by atoms with Crippen molar-refractivity contribution < 1.29 is 13.2 Å². The molecule has 1 nitrogen and oxygen atoms in total. The first kappa shape index (κ1) is 18.1. The summed E-state index contributed by atoms with van der Waals surface area (Å²) in [6, 6.07) is -1.23. The smallest absolute Gasteiger partial charge is 0.292 e. The number of alkyl halides is 3. The summed E-state index contributed by atoms with van der Waals surface area (Å²) in [5.41, 5.74) is 0.355. The summed E-state index contributed by atoms with van der Waals surface area (Å²) in [5.74, 6) is 1.61. The van der Waals surface area contributed by atoms with Gasteiger partial charge in [0.25, 0.3) is 0 Å². The van der Waals surface area contributed by atoms with Gasteiger partial charge in [-0.3, -0.25) is 4.90 Å². The molecule has 0 radical (unpaired) electrons. The molecule has 2 fully saturated rings. The zero-order valence-electron chi connectivity index (χ0n) is 14.4. The molecular formula is C18H32F3N. The van der Waals surface area contributed by atoms with Crippen LogP contribution in [0.4, 0.5) is 13.2 Å². The van der Waals surface area contributed by atoms with E-state index in [1.165, 1.54) is 32.1 Å². The van der Waals surface area contributed by atoms with Gasteiger partial charge in [-0.25, -0.2) is 0 Å². The van der Waals surface area contributed by atoms with E-state index in [9.17, 15) is 13.2 Å². The third kappa shape index (κ3) is 4.39. The van der Waals surface area contributed by atoms with Gasteiger partial charge < -0.3 is 0 Å². The lowest BCUT2D eigenvalue weighted by atomic mass is 9.64. The van der Waals surface area contributed by atoms with Gasteiger partial charge in [-0.2, -0.15) is 13.2 Å². The Morgan fingerprint density at radius 2 is 1.59 bits per heavy atom. The van der Waals surface area contributed by atoms with E-state index in [1.54, 1.807) is 11.8 Å². The minimum atomic E-state index is -4.08. The molecule has 1 atom stereocenters. The molecule has 1 saturated heterocycles. The van der Waals surface area contributed by atoms with Crippen molar-refractivity contribution in [2.45, 2.75) is 84.4 Å². The van der Waals surface area contributed by atoms with Crippen LogP contribution < -0.4 is 0 Å². The SMILES string of the molecule is CCC(N1CCC2(CCC(CC(C)C)CC2)CC1)C(F)(F)F. The van der Waals surface area contributed by atoms with Crippen molar-refractivity contribution in [3.63, 3.8) is 0 Å². The van der Waals surface area contributed by atoms with Crippen molar-refractivity contribution in [3.05, 3.63) is 0 Å². The fourth-order valence-corrected chi connectivity index (χ4v) is 4.70. The summed E-state index contributed by atoms with van der Waals surface area (Å²) in [6.45, 7) is 7.48. The average molecular weight is 319 g/mol. The summed E-state index contributed by atoms with van der Waals surface area (Å²) >= 11 is 0. The zero-order chi connectivity index (χ0) is 16.4. The Morgan fingerprint density at radius 1 is 1.05 bits per heavy atom. The van der Waals surface area contributed by atoms with Crippen LogP contribution in [0.25, 0.3) is 0 Å². The molecule has 2 rings (SSSR count). The molecule has 2 aliphatic rings. The largest absolute Gasteiger partial charge is 0.404 e. The van der Waals surface area contributed by atoms with E-state index in [1.807, 2.05) is 0 Å². The van der Waals surface area contributed by atoms with Crippen molar-refractivity contribution in [1.29, 1.82) is 0 Å². The lowest BCUT2D eigenvalue weighted by molar-refractivity contribution is -0.190. The minimum Gasteiger partial charge on any atom is -0.292 e. The van der Waals surface area contributed by atoms with Gasteiger partial charge in [0.05, 0.1) is 0 Å². The molecule has 22 heavy (non-hydrogen) atoms. The van der Waals surface area contributed by atoms with Crippen LogP contribution in [0, 0.1) is 17.3 Å². The molecule has 1 aliphatic heterocycles. The Hall–Kier alpha value is -0.250. The Kier molecular flexibility index (Phi) is 5.84. The Labute approximate surface area is 133 Å². The van der Waals surface area contributed by atoms with Gasteiger partial charge >= 0.3 is 6.18 Å². The molecule has 0 aromatic heterocycles. The van der Waals surface area contributed by atoms with Crippen molar-refractivity contribution in [2.75, 3.05) is 13.1 Å².